The summed E-state index contributed by atoms with van der Waals surface area (Å²) in [5, 5.41) is 0. The molecule has 4 rings (SSSR count). The molecule has 184 valence electrons. The second-order valence-corrected chi connectivity index (χ2v) is 22.6. The van der Waals surface area contributed by atoms with Crippen molar-refractivity contribution in [3.8, 4) is 0 Å². The predicted octanol–water partition coefficient (Wildman–Crippen LogP) is 6.31. The SMILES string of the molecule is CCOP(=O)(OCC)/[C](=C\c1ccc(C)cc1)[Sn]([c]1ccccc1)([c]1ccccc1)[c]1ccccc1. The molecule has 5 heteroatoms. The van der Waals surface area contributed by atoms with Crippen LogP contribution in [0.1, 0.15) is 25.0 Å². The Morgan fingerprint density at radius 2 is 1.06 bits per heavy atom. The molecule has 0 radical (unpaired) electrons. The van der Waals surface area contributed by atoms with Crippen LogP contribution in [-0.4, -0.2) is 31.6 Å². The molecule has 0 saturated heterocycles. The number of hydrogen-bond donors (Lipinski definition) is 0. The third-order valence-corrected chi connectivity index (χ3v) is 25.7. The van der Waals surface area contributed by atoms with E-state index in [4.69, 9.17) is 9.05 Å². The molecule has 4 aromatic carbocycles. The zero-order valence-corrected chi connectivity index (χ0v) is 24.9. The van der Waals surface area contributed by atoms with Gasteiger partial charge in [-0.2, -0.15) is 0 Å². The van der Waals surface area contributed by atoms with Crippen LogP contribution in [0.5, 0.6) is 0 Å². The van der Waals surface area contributed by atoms with E-state index >= 15 is 0 Å². The van der Waals surface area contributed by atoms with Crippen LogP contribution >= 0.6 is 7.60 Å². The normalized spacial score (nSPS) is 12.5. The number of aryl methyl sites for hydroxylation is 1. The first kappa shape index (κ1) is 26.6. The van der Waals surface area contributed by atoms with Crippen LogP contribution < -0.4 is 10.7 Å². The molecule has 0 amide bonds. The number of rotatable bonds is 10. The Bertz CT molecular complexity index is 1210. The number of benzene rings is 4. The van der Waals surface area contributed by atoms with Gasteiger partial charge in [-0.05, 0) is 0 Å². The van der Waals surface area contributed by atoms with E-state index in [1.54, 1.807) is 0 Å². The first-order valence-corrected chi connectivity index (χ1v) is 19.6. The van der Waals surface area contributed by atoms with Crippen LogP contribution in [0.15, 0.2) is 119 Å². The van der Waals surface area contributed by atoms with Crippen molar-refractivity contribution in [2.24, 2.45) is 0 Å². The monoisotopic (exact) mass is 604 g/mol. The Hall–Kier alpha value is -2.43. The van der Waals surface area contributed by atoms with Crippen molar-refractivity contribution in [3.63, 3.8) is 0 Å². The molecule has 0 heterocycles. The Kier molecular flexibility index (Phi) is 9.03. The van der Waals surface area contributed by atoms with Crippen molar-refractivity contribution in [3.05, 3.63) is 130 Å². The molecule has 4 aromatic rings. The predicted molar refractivity (Wildman–Crippen MR) is 154 cm³/mol. The van der Waals surface area contributed by atoms with Crippen LogP contribution in [0.2, 0.25) is 0 Å². The topological polar surface area (TPSA) is 35.5 Å². The van der Waals surface area contributed by atoms with E-state index in [0.717, 1.165) is 8.89 Å². The van der Waals surface area contributed by atoms with E-state index in [0.29, 0.717) is 13.2 Å². The van der Waals surface area contributed by atoms with Gasteiger partial charge in [0, 0.05) is 0 Å². The fraction of sp³-hybridized carbons (Fsp3) is 0.161. The molecule has 0 N–H and O–H groups in total. The first-order chi connectivity index (χ1) is 17.5. The summed E-state index contributed by atoms with van der Waals surface area (Å²) >= 11 is -4.23. The second kappa shape index (κ2) is 12.2. The molecule has 0 atom stereocenters. The van der Waals surface area contributed by atoms with E-state index in [1.807, 2.05) is 32.0 Å². The van der Waals surface area contributed by atoms with Crippen molar-refractivity contribution in [1.82, 2.24) is 0 Å². The van der Waals surface area contributed by atoms with E-state index < -0.39 is 26.0 Å². The summed E-state index contributed by atoms with van der Waals surface area (Å²) in [4.78, 5) is 0. The zero-order chi connectivity index (χ0) is 25.4. The standard InChI is InChI=1S/C13H18O3P.3C6H5.Sn/c1-4-15-17(14,16-5-2)11-10-13-8-6-12(3)7-9-13;3*1-2-4-6-5-3-1;/h6-10H,4-5H2,1-3H3;3*1-5H;. The van der Waals surface area contributed by atoms with Crippen molar-refractivity contribution >= 4 is 42.8 Å². The molecule has 0 saturated carbocycles. The molecule has 0 aliphatic carbocycles. The summed E-state index contributed by atoms with van der Waals surface area (Å²) in [6.07, 6.45) is 2.09. The average Bonchev–Trinajstić information content (AvgIpc) is 2.92. The quantitative estimate of drug-likeness (QED) is 0.158. The fourth-order valence-corrected chi connectivity index (χ4v) is 26.1. The summed E-state index contributed by atoms with van der Waals surface area (Å²) in [5.74, 6) is 0. The Balaban J connectivity index is 2.20. The summed E-state index contributed by atoms with van der Waals surface area (Å²) in [7, 11) is -3.67. The molecule has 0 aliphatic rings. The van der Waals surface area contributed by atoms with Gasteiger partial charge in [-0.15, -0.1) is 0 Å². The summed E-state index contributed by atoms with van der Waals surface area (Å²) in [6.45, 7) is 6.41. The van der Waals surface area contributed by atoms with Crippen molar-refractivity contribution in [1.29, 1.82) is 0 Å². The van der Waals surface area contributed by atoms with Gasteiger partial charge in [0.25, 0.3) is 0 Å². The van der Waals surface area contributed by atoms with Gasteiger partial charge in [0.15, 0.2) is 0 Å². The number of hydrogen-bond acceptors (Lipinski definition) is 3. The molecule has 0 spiro atoms. The molecular formula is C31H33O3PSn. The summed E-state index contributed by atoms with van der Waals surface area (Å²) < 4.78 is 31.5. The summed E-state index contributed by atoms with van der Waals surface area (Å²) in [6, 6.07) is 39.9. The van der Waals surface area contributed by atoms with Gasteiger partial charge in [-0.1, -0.05) is 0 Å². The first-order valence-electron chi connectivity index (χ1n) is 12.4. The third-order valence-electron chi connectivity index (χ3n) is 6.28. The van der Waals surface area contributed by atoms with Crippen LogP contribution in [0, 0.1) is 6.92 Å². The molecule has 0 fully saturated rings. The van der Waals surface area contributed by atoms with Gasteiger partial charge in [-0.25, -0.2) is 0 Å². The summed E-state index contributed by atoms with van der Waals surface area (Å²) in [5.41, 5.74) is 2.16. The second-order valence-electron chi connectivity index (χ2n) is 8.62. The zero-order valence-electron chi connectivity index (χ0n) is 21.1. The van der Waals surface area contributed by atoms with Crippen molar-refractivity contribution in [2.45, 2.75) is 20.8 Å². The Morgan fingerprint density at radius 1 is 0.667 bits per heavy atom. The third kappa shape index (κ3) is 5.45. The van der Waals surface area contributed by atoms with E-state index in [9.17, 15) is 4.57 Å². The van der Waals surface area contributed by atoms with Crippen LogP contribution in [0.4, 0.5) is 0 Å². The molecule has 0 bridgehead atoms. The van der Waals surface area contributed by atoms with Gasteiger partial charge in [0.1, 0.15) is 0 Å². The molecule has 0 aromatic heterocycles. The fourth-order valence-electron chi connectivity index (χ4n) is 4.74. The average molecular weight is 603 g/mol. The molecule has 0 aliphatic heterocycles. The van der Waals surface area contributed by atoms with Crippen molar-refractivity contribution in [2.75, 3.05) is 13.2 Å². The minimum absolute atomic E-state index is 0.294. The maximum atomic E-state index is 14.9. The van der Waals surface area contributed by atoms with Gasteiger partial charge >= 0.3 is 220 Å². The molecule has 0 unspecified atom stereocenters. The van der Waals surface area contributed by atoms with Crippen LogP contribution in [-0.2, 0) is 13.6 Å². The Morgan fingerprint density at radius 3 is 1.42 bits per heavy atom. The van der Waals surface area contributed by atoms with E-state index in [2.05, 4.69) is 110 Å². The van der Waals surface area contributed by atoms with E-state index in [1.165, 1.54) is 16.3 Å². The van der Waals surface area contributed by atoms with Gasteiger partial charge in [0.05, 0.1) is 0 Å². The van der Waals surface area contributed by atoms with Crippen molar-refractivity contribution < 1.29 is 13.6 Å². The van der Waals surface area contributed by atoms with Gasteiger partial charge < -0.3 is 0 Å². The Labute approximate surface area is 219 Å². The maximum absolute atomic E-state index is 14.9. The molecular weight excluding hydrogens is 570 g/mol. The molecule has 3 nitrogen and oxygen atoms in total. The van der Waals surface area contributed by atoms with Gasteiger partial charge in [0.2, 0.25) is 0 Å². The van der Waals surface area contributed by atoms with Crippen LogP contribution in [0.3, 0.4) is 0 Å². The minimum atomic E-state index is -4.23. The van der Waals surface area contributed by atoms with E-state index in [-0.39, 0.29) is 0 Å². The molecule has 36 heavy (non-hydrogen) atoms. The van der Waals surface area contributed by atoms with Gasteiger partial charge in [-0.3, -0.25) is 0 Å². The van der Waals surface area contributed by atoms with Crippen LogP contribution in [0.25, 0.3) is 6.08 Å².